The fourth-order valence-corrected chi connectivity index (χ4v) is 4.02. The van der Waals surface area contributed by atoms with Gasteiger partial charge in [0.25, 0.3) is 11.8 Å². The van der Waals surface area contributed by atoms with Crippen molar-refractivity contribution in [2.45, 2.75) is 18.9 Å². The van der Waals surface area contributed by atoms with Crippen LogP contribution in [0.15, 0.2) is 46.9 Å². The molecule has 0 unspecified atom stereocenters. The van der Waals surface area contributed by atoms with Gasteiger partial charge >= 0.3 is 0 Å². The van der Waals surface area contributed by atoms with E-state index in [4.69, 9.17) is 33.4 Å². The van der Waals surface area contributed by atoms with E-state index in [0.717, 1.165) is 25.9 Å². The maximum absolute atomic E-state index is 12.5. The largest absolute Gasteiger partial charge is 0.419 e. The first-order valence-electron chi connectivity index (χ1n) is 10.1. The number of nitrogens with zero attached hydrogens (tertiary/aromatic N) is 1. The highest BCUT2D eigenvalue weighted by molar-refractivity contribution is 6.38. The van der Waals surface area contributed by atoms with Crippen molar-refractivity contribution in [3.05, 3.63) is 63.8 Å². The Morgan fingerprint density at radius 3 is 2.47 bits per heavy atom. The topological polar surface area (TPSA) is 122 Å². The van der Waals surface area contributed by atoms with Gasteiger partial charge < -0.3 is 26.1 Å². The molecule has 166 valence electrons. The van der Waals surface area contributed by atoms with Gasteiger partial charge in [-0.1, -0.05) is 29.3 Å². The van der Waals surface area contributed by atoms with Gasteiger partial charge in [0, 0.05) is 23.8 Å². The molecule has 1 fully saturated rings. The second kappa shape index (κ2) is 9.60. The Balaban J connectivity index is 1.53. The van der Waals surface area contributed by atoms with E-state index >= 15 is 0 Å². The lowest BCUT2D eigenvalue weighted by atomic mass is 10.1. The van der Waals surface area contributed by atoms with E-state index in [2.05, 4.69) is 20.9 Å². The third kappa shape index (κ3) is 4.88. The third-order valence-corrected chi connectivity index (χ3v) is 5.70. The number of amides is 2. The van der Waals surface area contributed by atoms with Crippen LogP contribution in [-0.4, -0.2) is 35.9 Å². The number of aromatic nitrogens is 1. The van der Waals surface area contributed by atoms with Crippen LogP contribution < -0.4 is 21.7 Å². The van der Waals surface area contributed by atoms with E-state index in [1.165, 1.54) is 0 Å². The van der Waals surface area contributed by atoms with Gasteiger partial charge in [-0.3, -0.25) is 9.59 Å². The van der Waals surface area contributed by atoms with Gasteiger partial charge in [0.15, 0.2) is 5.69 Å². The zero-order valence-corrected chi connectivity index (χ0v) is 18.5. The summed E-state index contributed by atoms with van der Waals surface area (Å²) in [6.07, 6.45) is 1.99. The molecule has 4 rings (SSSR count). The Kier molecular flexibility index (Phi) is 6.64. The molecule has 0 radical (unpaired) electrons. The molecule has 2 aromatic carbocycles. The van der Waals surface area contributed by atoms with Gasteiger partial charge in [0.1, 0.15) is 0 Å². The van der Waals surface area contributed by atoms with Crippen molar-refractivity contribution in [3.63, 3.8) is 0 Å². The van der Waals surface area contributed by atoms with Gasteiger partial charge in [0.05, 0.1) is 15.6 Å². The third-order valence-electron chi connectivity index (χ3n) is 5.07. The van der Waals surface area contributed by atoms with E-state index in [0.29, 0.717) is 26.9 Å². The fourth-order valence-electron chi connectivity index (χ4n) is 3.46. The molecule has 0 saturated carbocycles. The van der Waals surface area contributed by atoms with Crippen molar-refractivity contribution in [3.8, 4) is 11.5 Å². The van der Waals surface area contributed by atoms with Crippen LogP contribution in [0.25, 0.3) is 11.5 Å². The van der Waals surface area contributed by atoms with Gasteiger partial charge in [0.2, 0.25) is 11.8 Å². The molecule has 5 N–H and O–H groups in total. The number of carbonyl (C=O) groups excluding carboxylic acids is 2. The second-order valence-electron chi connectivity index (χ2n) is 7.38. The SMILES string of the molecule is NC(=O)c1nc(-c2c(Cl)cccc2Cl)oc1Nc1ccc(C(=O)N[C@H]2CCCNC2)cc1. The van der Waals surface area contributed by atoms with Crippen LogP contribution in [0.1, 0.15) is 33.7 Å². The average Bonchev–Trinajstić information content (AvgIpc) is 3.18. The van der Waals surface area contributed by atoms with Crippen LogP contribution in [0.2, 0.25) is 10.0 Å². The molecule has 1 aliphatic heterocycles. The number of hydrogen-bond acceptors (Lipinski definition) is 6. The molecule has 0 spiro atoms. The quantitative estimate of drug-likeness (QED) is 0.429. The minimum atomic E-state index is -0.775. The molecular weight excluding hydrogens is 453 g/mol. The Morgan fingerprint density at radius 2 is 1.84 bits per heavy atom. The van der Waals surface area contributed by atoms with Gasteiger partial charge in [-0.25, -0.2) is 4.98 Å². The van der Waals surface area contributed by atoms with Crippen molar-refractivity contribution in [2.75, 3.05) is 18.4 Å². The summed E-state index contributed by atoms with van der Waals surface area (Å²) in [6, 6.07) is 11.8. The van der Waals surface area contributed by atoms with Crippen molar-refractivity contribution in [2.24, 2.45) is 5.73 Å². The monoisotopic (exact) mass is 473 g/mol. The molecule has 1 saturated heterocycles. The van der Waals surface area contributed by atoms with E-state index in [1.807, 2.05) is 0 Å². The number of nitrogens with one attached hydrogen (secondary N) is 3. The van der Waals surface area contributed by atoms with E-state index in [-0.39, 0.29) is 29.4 Å². The van der Waals surface area contributed by atoms with E-state index in [9.17, 15) is 9.59 Å². The lowest BCUT2D eigenvalue weighted by Gasteiger charge is -2.23. The average molecular weight is 474 g/mol. The van der Waals surface area contributed by atoms with Crippen LogP contribution in [0.3, 0.4) is 0 Å². The molecule has 32 heavy (non-hydrogen) atoms. The summed E-state index contributed by atoms with van der Waals surface area (Å²) in [5.74, 6) is -0.802. The standard InChI is InChI=1S/C22H21Cl2N5O3/c23-15-4-1-5-16(24)17(15)21-29-18(19(25)30)22(32-21)28-13-8-6-12(7-9-13)20(31)27-14-3-2-10-26-11-14/h1,4-9,14,26,28H,2-3,10-11H2,(H2,25,30)(H,27,31)/t14-/m0/s1. The molecule has 3 aromatic rings. The Labute approximate surface area is 194 Å². The van der Waals surface area contributed by atoms with Gasteiger partial charge in [-0.15, -0.1) is 0 Å². The molecule has 0 aliphatic carbocycles. The van der Waals surface area contributed by atoms with Crippen LogP contribution in [0, 0.1) is 0 Å². The number of carbonyl (C=O) groups is 2. The number of nitrogens with two attached hydrogens (primary N) is 1. The molecule has 2 amide bonds. The van der Waals surface area contributed by atoms with Crippen molar-refractivity contribution in [1.82, 2.24) is 15.6 Å². The number of piperidine rings is 1. The number of halogens is 2. The number of anilines is 2. The summed E-state index contributed by atoms with van der Waals surface area (Å²) in [5.41, 5.74) is 6.83. The van der Waals surface area contributed by atoms with E-state index in [1.54, 1.807) is 42.5 Å². The maximum Gasteiger partial charge on any atom is 0.273 e. The minimum absolute atomic E-state index is 0.0500. The Hall–Kier alpha value is -3.07. The number of benzene rings is 2. The normalized spacial score (nSPS) is 15.9. The number of hydrogen-bond donors (Lipinski definition) is 4. The van der Waals surface area contributed by atoms with Crippen molar-refractivity contribution >= 4 is 46.6 Å². The predicted molar refractivity (Wildman–Crippen MR) is 124 cm³/mol. The van der Waals surface area contributed by atoms with Gasteiger partial charge in [-0.2, -0.15) is 0 Å². The molecule has 1 aromatic heterocycles. The van der Waals surface area contributed by atoms with Crippen LogP contribution in [0.5, 0.6) is 0 Å². The smallest absolute Gasteiger partial charge is 0.273 e. The highest BCUT2D eigenvalue weighted by atomic mass is 35.5. The summed E-state index contributed by atoms with van der Waals surface area (Å²) in [5, 5.41) is 9.91. The fraction of sp³-hybridized carbons (Fsp3) is 0.227. The highest BCUT2D eigenvalue weighted by Crippen LogP contribution is 2.36. The summed E-state index contributed by atoms with van der Waals surface area (Å²) >= 11 is 12.4. The van der Waals surface area contributed by atoms with Gasteiger partial charge in [-0.05, 0) is 55.8 Å². The number of oxazole rings is 1. The lowest BCUT2D eigenvalue weighted by molar-refractivity contribution is 0.0929. The van der Waals surface area contributed by atoms with Crippen LogP contribution in [-0.2, 0) is 0 Å². The maximum atomic E-state index is 12.5. The number of primary amides is 1. The molecular formula is C22H21Cl2N5O3. The van der Waals surface area contributed by atoms with Crippen molar-refractivity contribution < 1.29 is 14.0 Å². The van der Waals surface area contributed by atoms with Crippen molar-refractivity contribution in [1.29, 1.82) is 0 Å². The number of rotatable bonds is 6. The Bertz CT molecular complexity index is 1120. The summed E-state index contributed by atoms with van der Waals surface area (Å²) in [4.78, 5) is 28.5. The molecule has 1 aliphatic rings. The first-order chi connectivity index (χ1) is 15.4. The lowest BCUT2D eigenvalue weighted by Crippen LogP contribution is -2.45. The first-order valence-corrected chi connectivity index (χ1v) is 10.8. The molecule has 2 heterocycles. The summed E-state index contributed by atoms with van der Waals surface area (Å²) < 4.78 is 5.73. The second-order valence-corrected chi connectivity index (χ2v) is 8.19. The zero-order valence-electron chi connectivity index (χ0n) is 17.0. The minimum Gasteiger partial charge on any atom is -0.419 e. The Morgan fingerprint density at radius 1 is 1.12 bits per heavy atom. The van der Waals surface area contributed by atoms with E-state index < -0.39 is 5.91 Å². The predicted octanol–water partition coefficient (Wildman–Crippen LogP) is 3.97. The summed E-state index contributed by atoms with van der Waals surface area (Å²) in [7, 11) is 0. The molecule has 1 atom stereocenters. The molecule has 0 bridgehead atoms. The highest BCUT2D eigenvalue weighted by Gasteiger charge is 2.22. The summed E-state index contributed by atoms with van der Waals surface area (Å²) in [6.45, 7) is 1.75. The van der Waals surface area contributed by atoms with Crippen LogP contribution >= 0.6 is 23.2 Å². The molecule has 10 heteroatoms. The first kappa shape index (κ1) is 22.1. The molecule has 8 nitrogen and oxygen atoms in total. The zero-order chi connectivity index (χ0) is 22.7. The van der Waals surface area contributed by atoms with Crippen LogP contribution in [0.4, 0.5) is 11.6 Å².